The number of carbonyl (C=O) groups excluding carboxylic acids is 1. The van der Waals surface area contributed by atoms with Crippen LogP contribution in [-0.2, 0) is 31.4 Å². The number of benzene rings is 1. The summed E-state index contributed by atoms with van der Waals surface area (Å²) in [5.41, 5.74) is 5.11. The van der Waals surface area contributed by atoms with Crippen molar-refractivity contribution in [1.29, 1.82) is 0 Å². The number of aryl methyl sites for hydroxylation is 3. The maximum Gasteiger partial charge on any atom is 0.228 e. The second-order valence-corrected chi connectivity index (χ2v) is 9.12. The molecule has 1 atom stereocenters. The van der Waals surface area contributed by atoms with Gasteiger partial charge in [0.15, 0.2) is 0 Å². The van der Waals surface area contributed by atoms with Crippen LogP contribution in [0.4, 0.5) is 10.2 Å². The van der Waals surface area contributed by atoms with Crippen LogP contribution in [-0.4, -0.2) is 37.1 Å². The van der Waals surface area contributed by atoms with Crippen LogP contribution in [0.2, 0.25) is 0 Å². The lowest BCUT2D eigenvalue weighted by atomic mass is 10.0. The smallest absolute Gasteiger partial charge is 0.228 e. The van der Waals surface area contributed by atoms with Crippen LogP contribution in [0.1, 0.15) is 59.2 Å². The van der Waals surface area contributed by atoms with Crippen molar-refractivity contribution >= 4 is 11.7 Å². The summed E-state index contributed by atoms with van der Waals surface area (Å²) in [4.78, 5) is 26.9. The van der Waals surface area contributed by atoms with Crippen molar-refractivity contribution in [1.82, 2.24) is 24.6 Å². The molecule has 33 heavy (non-hydrogen) atoms. The first-order valence-electron chi connectivity index (χ1n) is 11.5. The molecule has 8 heteroatoms. The summed E-state index contributed by atoms with van der Waals surface area (Å²) in [5.74, 6) is 1.26. The first kappa shape index (κ1) is 21.7. The molecule has 0 saturated carbocycles. The molecule has 0 N–H and O–H groups in total. The normalized spacial score (nSPS) is 18.7. The highest BCUT2D eigenvalue weighted by atomic mass is 19.1. The van der Waals surface area contributed by atoms with Gasteiger partial charge in [0.05, 0.1) is 18.3 Å². The van der Waals surface area contributed by atoms with Crippen molar-refractivity contribution in [3.63, 3.8) is 0 Å². The summed E-state index contributed by atoms with van der Waals surface area (Å²) in [6.07, 6.45) is 5.24. The lowest BCUT2D eigenvalue weighted by Gasteiger charge is -2.31. The Morgan fingerprint density at radius 1 is 1.06 bits per heavy atom. The number of aromatic nitrogens is 4. The molecule has 1 saturated heterocycles. The Hall–Kier alpha value is -3.13. The molecule has 0 spiro atoms. The van der Waals surface area contributed by atoms with Crippen LogP contribution in [0.25, 0.3) is 0 Å². The lowest BCUT2D eigenvalue weighted by Crippen LogP contribution is -2.37. The summed E-state index contributed by atoms with van der Waals surface area (Å²) in [6, 6.07) is 6.41. The van der Waals surface area contributed by atoms with Crippen molar-refractivity contribution in [2.24, 2.45) is 7.05 Å². The van der Waals surface area contributed by atoms with E-state index in [-0.39, 0.29) is 17.8 Å². The van der Waals surface area contributed by atoms with Gasteiger partial charge in [-0.05, 0) is 57.4 Å². The first-order chi connectivity index (χ1) is 15.9. The highest BCUT2D eigenvalue weighted by molar-refractivity contribution is 5.95. The molecule has 0 bridgehead atoms. The van der Waals surface area contributed by atoms with Gasteiger partial charge in [0.25, 0.3) is 0 Å². The fourth-order valence-electron chi connectivity index (χ4n) is 5.02. The first-order valence-corrected chi connectivity index (χ1v) is 11.5. The van der Waals surface area contributed by atoms with Gasteiger partial charge in [0.1, 0.15) is 17.5 Å². The van der Waals surface area contributed by atoms with Crippen molar-refractivity contribution in [3.8, 4) is 0 Å². The Labute approximate surface area is 193 Å². The van der Waals surface area contributed by atoms with E-state index in [1.165, 1.54) is 17.7 Å². The zero-order chi connectivity index (χ0) is 23.1. The number of hydrogen-bond acceptors (Lipinski definition) is 5. The molecule has 7 nitrogen and oxygen atoms in total. The summed E-state index contributed by atoms with van der Waals surface area (Å²) >= 11 is 0. The Kier molecular flexibility index (Phi) is 5.70. The molecular weight excluding hydrogens is 419 g/mol. The SMILES string of the molecule is Cc1nn(C)cc1CN1CCCC1c1nc(C)c2c(n1)N(Cc1ccc(F)cc1)C(=O)CC2. The minimum Gasteiger partial charge on any atom is -0.292 e. The quantitative estimate of drug-likeness (QED) is 0.594. The van der Waals surface area contributed by atoms with Crippen LogP contribution in [0, 0.1) is 19.7 Å². The molecule has 172 valence electrons. The van der Waals surface area contributed by atoms with Gasteiger partial charge in [-0.3, -0.25) is 19.3 Å². The molecule has 2 aliphatic rings. The average molecular weight is 449 g/mol. The van der Waals surface area contributed by atoms with E-state index < -0.39 is 0 Å². The monoisotopic (exact) mass is 448 g/mol. The Bertz CT molecular complexity index is 1190. The number of carbonyl (C=O) groups is 1. The van der Waals surface area contributed by atoms with Gasteiger partial charge in [-0.2, -0.15) is 5.10 Å². The molecule has 0 aliphatic carbocycles. The minimum absolute atomic E-state index is 0.0464. The van der Waals surface area contributed by atoms with E-state index in [0.717, 1.165) is 54.3 Å². The zero-order valence-electron chi connectivity index (χ0n) is 19.4. The topological polar surface area (TPSA) is 67.2 Å². The molecule has 0 radical (unpaired) electrons. The standard InChI is InChI=1S/C25H29FN6O/c1-16-19(14-30(3)29-16)15-31-12-4-5-22(31)24-27-17(2)21-10-11-23(33)32(25(21)28-24)13-18-6-8-20(26)9-7-18/h6-9,14,22H,4-5,10-13,15H2,1-3H3. The van der Waals surface area contributed by atoms with Gasteiger partial charge in [0, 0.05) is 43.0 Å². The summed E-state index contributed by atoms with van der Waals surface area (Å²) < 4.78 is 15.2. The van der Waals surface area contributed by atoms with E-state index >= 15 is 0 Å². The fraction of sp³-hybridized carbons (Fsp3) is 0.440. The highest BCUT2D eigenvalue weighted by Crippen LogP contribution is 2.36. The number of nitrogens with zero attached hydrogens (tertiary/aromatic N) is 6. The third-order valence-electron chi connectivity index (χ3n) is 6.76. The maximum atomic E-state index is 13.4. The van der Waals surface area contributed by atoms with E-state index in [9.17, 15) is 9.18 Å². The number of amides is 1. The average Bonchev–Trinajstić information content (AvgIpc) is 3.37. The third kappa shape index (κ3) is 4.27. The fourth-order valence-corrected chi connectivity index (χ4v) is 5.02. The van der Waals surface area contributed by atoms with Crippen molar-refractivity contribution in [2.45, 2.75) is 58.7 Å². The van der Waals surface area contributed by atoms with Crippen molar-refractivity contribution in [2.75, 3.05) is 11.4 Å². The number of rotatable bonds is 5. The number of hydrogen-bond donors (Lipinski definition) is 0. The second-order valence-electron chi connectivity index (χ2n) is 9.12. The van der Waals surface area contributed by atoms with Crippen LogP contribution in [0.3, 0.4) is 0 Å². The summed E-state index contributed by atoms with van der Waals surface area (Å²) in [5, 5.41) is 4.48. The molecule has 4 heterocycles. The number of anilines is 1. The lowest BCUT2D eigenvalue weighted by molar-refractivity contribution is -0.119. The number of halogens is 1. The molecular formula is C25H29FN6O. The van der Waals surface area contributed by atoms with E-state index in [0.29, 0.717) is 25.2 Å². The van der Waals surface area contributed by atoms with Gasteiger partial charge >= 0.3 is 0 Å². The molecule has 3 aromatic rings. The molecule has 1 fully saturated rings. The second kappa shape index (κ2) is 8.67. The maximum absolute atomic E-state index is 13.4. The van der Waals surface area contributed by atoms with Gasteiger partial charge in [-0.1, -0.05) is 12.1 Å². The Morgan fingerprint density at radius 2 is 1.85 bits per heavy atom. The molecule has 1 amide bonds. The number of likely N-dealkylation sites (tertiary alicyclic amines) is 1. The molecule has 1 unspecified atom stereocenters. The van der Waals surface area contributed by atoms with Gasteiger partial charge in [0.2, 0.25) is 5.91 Å². The van der Waals surface area contributed by atoms with Crippen LogP contribution >= 0.6 is 0 Å². The molecule has 1 aromatic carbocycles. The van der Waals surface area contributed by atoms with Crippen molar-refractivity contribution < 1.29 is 9.18 Å². The molecule has 2 aromatic heterocycles. The van der Waals surface area contributed by atoms with Crippen LogP contribution in [0.15, 0.2) is 30.5 Å². The van der Waals surface area contributed by atoms with Gasteiger partial charge < -0.3 is 0 Å². The van der Waals surface area contributed by atoms with E-state index in [2.05, 4.69) is 16.2 Å². The van der Waals surface area contributed by atoms with Gasteiger partial charge in [-0.15, -0.1) is 0 Å². The predicted octanol–water partition coefficient (Wildman–Crippen LogP) is 3.78. The Morgan fingerprint density at radius 3 is 2.58 bits per heavy atom. The van der Waals surface area contributed by atoms with E-state index in [4.69, 9.17) is 9.97 Å². The summed E-state index contributed by atoms with van der Waals surface area (Å²) in [7, 11) is 1.95. The Balaban J connectivity index is 1.46. The highest BCUT2D eigenvalue weighted by Gasteiger charge is 2.33. The minimum atomic E-state index is -0.283. The van der Waals surface area contributed by atoms with Crippen LogP contribution < -0.4 is 4.90 Å². The third-order valence-corrected chi connectivity index (χ3v) is 6.76. The van der Waals surface area contributed by atoms with E-state index in [1.807, 2.05) is 25.6 Å². The zero-order valence-corrected chi connectivity index (χ0v) is 19.4. The molecule has 2 aliphatic heterocycles. The number of fused-ring (bicyclic) bond motifs is 1. The van der Waals surface area contributed by atoms with Crippen molar-refractivity contribution in [3.05, 3.63) is 70.2 Å². The summed E-state index contributed by atoms with van der Waals surface area (Å²) in [6.45, 7) is 6.23. The molecule has 5 rings (SSSR count). The van der Waals surface area contributed by atoms with Crippen LogP contribution in [0.5, 0.6) is 0 Å². The predicted molar refractivity (Wildman–Crippen MR) is 123 cm³/mol. The van der Waals surface area contributed by atoms with Gasteiger partial charge in [-0.25, -0.2) is 14.4 Å². The largest absolute Gasteiger partial charge is 0.292 e. The van der Waals surface area contributed by atoms with E-state index in [1.54, 1.807) is 17.0 Å².